The molecule has 0 aliphatic carbocycles. The zero-order valence-electron chi connectivity index (χ0n) is 12.5. The SMILES string of the molecule is CCCCc1ncc2cn(C(C)c3ccccc3)nc2n1. The Labute approximate surface area is 124 Å². The van der Waals surface area contributed by atoms with Crippen LogP contribution < -0.4 is 0 Å². The minimum Gasteiger partial charge on any atom is -0.263 e. The van der Waals surface area contributed by atoms with Crippen molar-refractivity contribution in [2.75, 3.05) is 0 Å². The number of rotatable bonds is 5. The minimum absolute atomic E-state index is 0.194. The molecule has 2 heterocycles. The van der Waals surface area contributed by atoms with Crippen molar-refractivity contribution in [3.63, 3.8) is 0 Å². The van der Waals surface area contributed by atoms with Crippen LogP contribution in [0.4, 0.5) is 0 Å². The van der Waals surface area contributed by atoms with Gasteiger partial charge >= 0.3 is 0 Å². The van der Waals surface area contributed by atoms with Crippen LogP contribution >= 0.6 is 0 Å². The standard InChI is InChI=1S/C17H20N4/c1-3-4-10-16-18-11-15-12-21(20-17(15)19-16)13(2)14-8-6-5-7-9-14/h5-9,11-13H,3-4,10H2,1-2H3. The number of fused-ring (bicyclic) bond motifs is 1. The smallest absolute Gasteiger partial charge is 0.184 e. The Bertz CT molecular complexity index is 718. The molecule has 0 spiro atoms. The summed E-state index contributed by atoms with van der Waals surface area (Å²) in [6.07, 6.45) is 7.10. The van der Waals surface area contributed by atoms with Gasteiger partial charge in [0, 0.05) is 18.8 Å². The van der Waals surface area contributed by atoms with Gasteiger partial charge in [0.15, 0.2) is 5.65 Å². The van der Waals surface area contributed by atoms with Crippen molar-refractivity contribution in [1.82, 2.24) is 19.7 Å². The predicted octanol–water partition coefficient (Wildman–Crippen LogP) is 3.78. The van der Waals surface area contributed by atoms with E-state index in [2.05, 4.69) is 53.2 Å². The molecular weight excluding hydrogens is 260 g/mol. The van der Waals surface area contributed by atoms with Crippen LogP contribution in [0.3, 0.4) is 0 Å². The quantitative estimate of drug-likeness (QED) is 0.714. The van der Waals surface area contributed by atoms with Crippen LogP contribution in [-0.2, 0) is 6.42 Å². The van der Waals surface area contributed by atoms with Gasteiger partial charge in [-0.15, -0.1) is 0 Å². The molecule has 3 rings (SSSR count). The van der Waals surface area contributed by atoms with Crippen molar-refractivity contribution in [3.8, 4) is 0 Å². The fourth-order valence-electron chi connectivity index (χ4n) is 2.41. The summed E-state index contributed by atoms with van der Waals surface area (Å²) in [5.74, 6) is 0.891. The van der Waals surface area contributed by atoms with Crippen LogP contribution in [-0.4, -0.2) is 19.7 Å². The summed E-state index contributed by atoms with van der Waals surface area (Å²) in [4.78, 5) is 8.99. The third kappa shape index (κ3) is 2.94. The summed E-state index contributed by atoms with van der Waals surface area (Å²) in [5, 5.41) is 5.62. The highest BCUT2D eigenvalue weighted by Crippen LogP contribution is 2.19. The minimum atomic E-state index is 0.194. The maximum atomic E-state index is 4.62. The van der Waals surface area contributed by atoms with Crippen molar-refractivity contribution in [2.24, 2.45) is 0 Å². The molecule has 4 heteroatoms. The number of benzene rings is 1. The second kappa shape index (κ2) is 6.04. The number of unbranched alkanes of at least 4 members (excludes halogenated alkanes) is 1. The number of aromatic nitrogens is 4. The van der Waals surface area contributed by atoms with Crippen LogP contribution in [0.2, 0.25) is 0 Å². The number of aryl methyl sites for hydroxylation is 1. The van der Waals surface area contributed by atoms with Crippen molar-refractivity contribution in [2.45, 2.75) is 39.2 Å². The van der Waals surface area contributed by atoms with E-state index in [0.717, 1.165) is 36.1 Å². The summed E-state index contributed by atoms with van der Waals surface area (Å²) in [7, 11) is 0. The molecule has 0 aliphatic heterocycles. The topological polar surface area (TPSA) is 43.6 Å². The normalized spacial score (nSPS) is 12.7. The summed E-state index contributed by atoms with van der Waals surface area (Å²) in [6, 6.07) is 10.6. The molecule has 1 atom stereocenters. The van der Waals surface area contributed by atoms with Gasteiger partial charge in [-0.2, -0.15) is 5.10 Å². The van der Waals surface area contributed by atoms with E-state index >= 15 is 0 Å². The molecule has 0 saturated carbocycles. The van der Waals surface area contributed by atoms with E-state index in [1.165, 1.54) is 5.56 Å². The van der Waals surface area contributed by atoms with Gasteiger partial charge in [0.05, 0.1) is 11.4 Å². The highest BCUT2D eigenvalue weighted by Gasteiger charge is 2.11. The van der Waals surface area contributed by atoms with Gasteiger partial charge in [-0.25, -0.2) is 9.97 Å². The van der Waals surface area contributed by atoms with Gasteiger partial charge in [-0.05, 0) is 18.9 Å². The van der Waals surface area contributed by atoms with Crippen molar-refractivity contribution in [1.29, 1.82) is 0 Å². The van der Waals surface area contributed by atoms with Gasteiger partial charge in [-0.1, -0.05) is 43.7 Å². The molecule has 2 aromatic heterocycles. The summed E-state index contributed by atoms with van der Waals surface area (Å²) in [6.45, 7) is 4.32. The van der Waals surface area contributed by atoms with E-state index in [4.69, 9.17) is 0 Å². The predicted molar refractivity (Wildman–Crippen MR) is 84.2 cm³/mol. The molecule has 3 aromatic rings. The maximum Gasteiger partial charge on any atom is 0.184 e. The molecular formula is C17H20N4. The zero-order chi connectivity index (χ0) is 14.7. The van der Waals surface area contributed by atoms with Gasteiger partial charge in [0.25, 0.3) is 0 Å². The first-order valence-corrected chi connectivity index (χ1v) is 7.53. The molecule has 0 bridgehead atoms. The van der Waals surface area contributed by atoms with Crippen LogP contribution in [0.15, 0.2) is 42.7 Å². The van der Waals surface area contributed by atoms with Gasteiger partial charge in [0.2, 0.25) is 0 Å². The van der Waals surface area contributed by atoms with Crippen LogP contribution in [0.25, 0.3) is 11.0 Å². The van der Waals surface area contributed by atoms with E-state index in [1.54, 1.807) is 0 Å². The Balaban J connectivity index is 1.90. The molecule has 0 N–H and O–H groups in total. The summed E-state index contributed by atoms with van der Waals surface area (Å²) < 4.78 is 1.97. The summed E-state index contributed by atoms with van der Waals surface area (Å²) in [5.41, 5.74) is 2.03. The van der Waals surface area contributed by atoms with Crippen LogP contribution in [0.1, 0.15) is 44.1 Å². The van der Waals surface area contributed by atoms with Gasteiger partial charge in [0.1, 0.15) is 5.82 Å². The number of hydrogen-bond donors (Lipinski definition) is 0. The van der Waals surface area contributed by atoms with Crippen molar-refractivity contribution < 1.29 is 0 Å². The molecule has 21 heavy (non-hydrogen) atoms. The third-order valence-electron chi connectivity index (χ3n) is 3.76. The zero-order valence-corrected chi connectivity index (χ0v) is 12.5. The highest BCUT2D eigenvalue weighted by molar-refractivity contribution is 5.72. The fourth-order valence-corrected chi connectivity index (χ4v) is 2.41. The van der Waals surface area contributed by atoms with Gasteiger partial charge < -0.3 is 0 Å². The lowest BCUT2D eigenvalue weighted by molar-refractivity contribution is 0.568. The van der Waals surface area contributed by atoms with Crippen molar-refractivity contribution in [3.05, 3.63) is 54.1 Å². The lowest BCUT2D eigenvalue weighted by Gasteiger charge is -2.11. The molecule has 0 amide bonds. The first kappa shape index (κ1) is 13.7. The molecule has 0 aliphatic rings. The van der Waals surface area contributed by atoms with Gasteiger partial charge in [-0.3, -0.25) is 4.68 Å². The maximum absolute atomic E-state index is 4.62. The third-order valence-corrected chi connectivity index (χ3v) is 3.76. The number of hydrogen-bond acceptors (Lipinski definition) is 3. The fraction of sp³-hybridized carbons (Fsp3) is 0.353. The Morgan fingerprint density at radius 1 is 1.19 bits per heavy atom. The monoisotopic (exact) mass is 280 g/mol. The van der Waals surface area contributed by atoms with E-state index in [0.29, 0.717) is 0 Å². The van der Waals surface area contributed by atoms with E-state index in [9.17, 15) is 0 Å². The largest absolute Gasteiger partial charge is 0.263 e. The molecule has 0 fully saturated rings. The Morgan fingerprint density at radius 2 is 2.00 bits per heavy atom. The molecule has 108 valence electrons. The Morgan fingerprint density at radius 3 is 2.76 bits per heavy atom. The molecule has 1 unspecified atom stereocenters. The lowest BCUT2D eigenvalue weighted by atomic mass is 10.1. The Hall–Kier alpha value is -2.23. The summed E-state index contributed by atoms with van der Waals surface area (Å²) >= 11 is 0. The van der Waals surface area contributed by atoms with Crippen LogP contribution in [0, 0.1) is 0 Å². The second-order valence-electron chi connectivity index (χ2n) is 5.36. The van der Waals surface area contributed by atoms with E-state index in [1.807, 2.05) is 23.1 Å². The molecule has 0 saturated heterocycles. The second-order valence-corrected chi connectivity index (χ2v) is 5.36. The first-order chi connectivity index (χ1) is 10.3. The van der Waals surface area contributed by atoms with E-state index < -0.39 is 0 Å². The molecule has 1 aromatic carbocycles. The average Bonchev–Trinajstić information content (AvgIpc) is 2.96. The number of nitrogens with zero attached hydrogens (tertiary/aromatic N) is 4. The van der Waals surface area contributed by atoms with Crippen molar-refractivity contribution >= 4 is 11.0 Å². The lowest BCUT2D eigenvalue weighted by Crippen LogP contribution is -2.06. The molecule has 4 nitrogen and oxygen atoms in total. The van der Waals surface area contributed by atoms with E-state index in [-0.39, 0.29) is 6.04 Å². The average molecular weight is 280 g/mol. The first-order valence-electron chi connectivity index (χ1n) is 7.53. The highest BCUT2D eigenvalue weighted by atomic mass is 15.3. The Kier molecular flexibility index (Phi) is 3.95. The van der Waals surface area contributed by atoms with Crippen LogP contribution in [0.5, 0.6) is 0 Å². The molecule has 0 radical (unpaired) electrons.